The number of hydrogen-bond donors (Lipinski definition) is 1. The number of nitrogens with one attached hydrogen (secondary N) is 1. The summed E-state index contributed by atoms with van der Waals surface area (Å²) in [5.74, 6) is 1.85. The Labute approximate surface area is 90.6 Å². The number of fused-ring (bicyclic) bond motifs is 1. The molecule has 1 N–H and O–H groups in total. The van der Waals surface area contributed by atoms with Gasteiger partial charge >= 0.3 is 0 Å². The Morgan fingerprint density at radius 1 is 1.40 bits per heavy atom. The Hall–Kier alpha value is -1.02. The molecule has 2 aliphatic heterocycles. The smallest absolute Gasteiger partial charge is 0.126 e. The van der Waals surface area contributed by atoms with Crippen LogP contribution in [0.15, 0.2) is 12.1 Å². The molecule has 0 saturated carbocycles. The zero-order valence-electron chi connectivity index (χ0n) is 9.18. The van der Waals surface area contributed by atoms with Gasteiger partial charge in [-0.3, -0.25) is 0 Å². The highest BCUT2D eigenvalue weighted by molar-refractivity contribution is 5.48. The van der Waals surface area contributed by atoms with E-state index in [1.165, 1.54) is 28.9 Å². The van der Waals surface area contributed by atoms with Crippen molar-refractivity contribution in [2.24, 2.45) is 0 Å². The first kappa shape index (κ1) is 9.22. The van der Waals surface area contributed by atoms with Gasteiger partial charge in [-0.2, -0.15) is 0 Å². The molecule has 1 unspecified atom stereocenters. The molecule has 0 aromatic heterocycles. The van der Waals surface area contributed by atoms with E-state index in [0.29, 0.717) is 5.92 Å². The molecule has 1 saturated heterocycles. The van der Waals surface area contributed by atoms with Crippen LogP contribution in [0, 0.1) is 6.92 Å². The maximum Gasteiger partial charge on any atom is 0.126 e. The minimum Gasteiger partial charge on any atom is -0.493 e. The van der Waals surface area contributed by atoms with E-state index in [9.17, 15) is 0 Å². The first-order valence-electron chi connectivity index (χ1n) is 5.81. The maximum atomic E-state index is 5.77. The lowest BCUT2D eigenvalue weighted by molar-refractivity contribution is 0.351. The van der Waals surface area contributed by atoms with Crippen molar-refractivity contribution in [3.05, 3.63) is 28.8 Å². The maximum absolute atomic E-state index is 5.77. The molecule has 80 valence electrons. The second kappa shape index (κ2) is 3.53. The van der Waals surface area contributed by atoms with Gasteiger partial charge in [0.05, 0.1) is 6.61 Å². The normalized spacial score (nSPS) is 23.9. The fourth-order valence-electron chi connectivity index (χ4n) is 2.73. The van der Waals surface area contributed by atoms with Crippen molar-refractivity contribution in [3.8, 4) is 5.75 Å². The number of hydrogen-bond acceptors (Lipinski definition) is 2. The minimum absolute atomic E-state index is 0.664. The molecule has 2 heterocycles. The van der Waals surface area contributed by atoms with Crippen LogP contribution >= 0.6 is 0 Å². The molecule has 1 fully saturated rings. The Morgan fingerprint density at radius 3 is 3.13 bits per heavy atom. The van der Waals surface area contributed by atoms with E-state index in [0.717, 1.165) is 26.1 Å². The number of rotatable bonds is 1. The molecular formula is C13H17NO. The molecule has 0 aliphatic carbocycles. The summed E-state index contributed by atoms with van der Waals surface area (Å²) in [5, 5.41) is 3.43. The molecule has 0 amide bonds. The van der Waals surface area contributed by atoms with Crippen molar-refractivity contribution in [2.75, 3.05) is 19.7 Å². The van der Waals surface area contributed by atoms with E-state index in [1.54, 1.807) is 0 Å². The summed E-state index contributed by atoms with van der Waals surface area (Å²) in [6, 6.07) is 4.58. The predicted molar refractivity (Wildman–Crippen MR) is 60.6 cm³/mol. The number of ether oxygens (including phenoxy) is 1. The third-order valence-corrected chi connectivity index (χ3v) is 3.46. The molecule has 2 nitrogen and oxygen atoms in total. The summed E-state index contributed by atoms with van der Waals surface area (Å²) in [4.78, 5) is 0. The van der Waals surface area contributed by atoms with Crippen LogP contribution in [-0.2, 0) is 6.42 Å². The molecule has 1 aromatic carbocycles. The summed E-state index contributed by atoms with van der Waals surface area (Å²) in [5.41, 5.74) is 4.23. The first-order valence-corrected chi connectivity index (χ1v) is 5.81. The predicted octanol–water partition coefficient (Wildman–Crippen LogP) is 2.01. The summed E-state index contributed by atoms with van der Waals surface area (Å²) < 4.78 is 5.77. The van der Waals surface area contributed by atoms with Crippen molar-refractivity contribution < 1.29 is 4.74 Å². The SMILES string of the molecule is Cc1cc2c(c(C3CCNC3)c1)OCC2. The van der Waals surface area contributed by atoms with Gasteiger partial charge in [0.1, 0.15) is 5.75 Å². The molecule has 1 aromatic rings. The van der Waals surface area contributed by atoms with Crippen molar-refractivity contribution >= 4 is 0 Å². The second-order valence-electron chi connectivity index (χ2n) is 4.63. The van der Waals surface area contributed by atoms with Crippen LogP contribution < -0.4 is 10.1 Å². The number of aryl methyl sites for hydroxylation is 1. The van der Waals surface area contributed by atoms with Crippen molar-refractivity contribution in [1.82, 2.24) is 5.32 Å². The Kier molecular flexibility index (Phi) is 2.17. The summed E-state index contributed by atoms with van der Waals surface area (Å²) in [7, 11) is 0. The molecule has 2 aliphatic rings. The third kappa shape index (κ3) is 1.53. The van der Waals surface area contributed by atoms with Gasteiger partial charge in [0.25, 0.3) is 0 Å². The lowest BCUT2D eigenvalue weighted by Gasteiger charge is -2.14. The molecule has 0 radical (unpaired) electrons. The highest BCUT2D eigenvalue weighted by Gasteiger charge is 2.24. The van der Waals surface area contributed by atoms with E-state index in [4.69, 9.17) is 4.74 Å². The van der Waals surface area contributed by atoms with Crippen LogP contribution in [0.25, 0.3) is 0 Å². The van der Waals surface area contributed by atoms with Crippen molar-refractivity contribution in [2.45, 2.75) is 25.7 Å². The van der Waals surface area contributed by atoms with E-state index in [-0.39, 0.29) is 0 Å². The zero-order valence-corrected chi connectivity index (χ0v) is 9.18. The van der Waals surface area contributed by atoms with Crippen molar-refractivity contribution in [1.29, 1.82) is 0 Å². The molecule has 3 rings (SSSR count). The van der Waals surface area contributed by atoms with E-state index in [1.807, 2.05) is 0 Å². The lowest BCUT2D eigenvalue weighted by Crippen LogP contribution is -2.08. The van der Waals surface area contributed by atoms with Gasteiger partial charge in [-0.1, -0.05) is 17.7 Å². The highest BCUT2D eigenvalue weighted by atomic mass is 16.5. The Morgan fingerprint density at radius 2 is 2.33 bits per heavy atom. The average Bonchev–Trinajstić information content (AvgIpc) is 2.86. The number of benzene rings is 1. The van der Waals surface area contributed by atoms with Gasteiger partial charge in [0.2, 0.25) is 0 Å². The second-order valence-corrected chi connectivity index (χ2v) is 4.63. The molecule has 2 heteroatoms. The fourth-order valence-corrected chi connectivity index (χ4v) is 2.73. The van der Waals surface area contributed by atoms with Crippen LogP contribution in [-0.4, -0.2) is 19.7 Å². The average molecular weight is 203 g/mol. The minimum atomic E-state index is 0.664. The van der Waals surface area contributed by atoms with E-state index >= 15 is 0 Å². The standard InChI is InChI=1S/C13H17NO/c1-9-6-10-3-5-15-13(10)12(7-9)11-2-4-14-8-11/h6-7,11,14H,2-5,8H2,1H3. The van der Waals surface area contributed by atoms with Crippen molar-refractivity contribution in [3.63, 3.8) is 0 Å². The van der Waals surface area contributed by atoms with Crippen LogP contribution in [0.5, 0.6) is 5.75 Å². The van der Waals surface area contributed by atoms with Gasteiger partial charge < -0.3 is 10.1 Å². The summed E-state index contributed by atoms with van der Waals surface area (Å²) in [6.07, 6.45) is 2.34. The molecule has 0 spiro atoms. The topological polar surface area (TPSA) is 21.3 Å². The molecule has 0 bridgehead atoms. The molecule has 15 heavy (non-hydrogen) atoms. The summed E-state index contributed by atoms with van der Waals surface area (Å²) >= 11 is 0. The Bertz CT molecular complexity index is 380. The van der Waals surface area contributed by atoms with Gasteiger partial charge in [-0.05, 0) is 31.0 Å². The molecular weight excluding hydrogens is 186 g/mol. The van der Waals surface area contributed by atoms with Crippen LogP contribution in [0.3, 0.4) is 0 Å². The highest BCUT2D eigenvalue weighted by Crippen LogP contribution is 2.37. The molecule has 1 atom stereocenters. The van der Waals surface area contributed by atoms with E-state index < -0.39 is 0 Å². The van der Waals surface area contributed by atoms with Gasteiger partial charge in [-0.15, -0.1) is 0 Å². The van der Waals surface area contributed by atoms with Crippen LogP contribution in [0.2, 0.25) is 0 Å². The monoisotopic (exact) mass is 203 g/mol. The third-order valence-electron chi connectivity index (χ3n) is 3.46. The lowest BCUT2D eigenvalue weighted by atomic mass is 9.93. The zero-order chi connectivity index (χ0) is 10.3. The Balaban J connectivity index is 2.05. The summed E-state index contributed by atoms with van der Waals surface area (Å²) in [6.45, 7) is 5.31. The van der Waals surface area contributed by atoms with Crippen LogP contribution in [0.4, 0.5) is 0 Å². The van der Waals surface area contributed by atoms with E-state index in [2.05, 4.69) is 24.4 Å². The van der Waals surface area contributed by atoms with Crippen LogP contribution in [0.1, 0.15) is 29.0 Å². The fraction of sp³-hybridized carbons (Fsp3) is 0.538. The first-order chi connectivity index (χ1) is 7.34. The quantitative estimate of drug-likeness (QED) is 0.754. The van der Waals surface area contributed by atoms with Gasteiger partial charge in [0.15, 0.2) is 0 Å². The van der Waals surface area contributed by atoms with Gasteiger partial charge in [0, 0.05) is 18.9 Å². The largest absolute Gasteiger partial charge is 0.493 e. The van der Waals surface area contributed by atoms with Gasteiger partial charge in [-0.25, -0.2) is 0 Å².